The molecule has 2 aromatic rings. The SMILES string of the molecule is O=C(O)c1ccc(Sc2ccccn2)c(F)c1. The fraction of sp³-hybridized carbons (Fsp3) is 0. The Morgan fingerprint density at radius 2 is 2.12 bits per heavy atom. The Morgan fingerprint density at radius 3 is 2.71 bits per heavy atom. The number of halogens is 1. The maximum Gasteiger partial charge on any atom is 0.335 e. The summed E-state index contributed by atoms with van der Waals surface area (Å²) in [6.45, 7) is 0. The molecule has 0 aliphatic rings. The third kappa shape index (κ3) is 2.82. The average Bonchev–Trinajstić information content (AvgIpc) is 2.33. The molecular weight excluding hydrogens is 241 g/mol. The predicted molar refractivity (Wildman–Crippen MR) is 61.7 cm³/mol. The molecule has 0 saturated carbocycles. The quantitative estimate of drug-likeness (QED) is 0.908. The van der Waals surface area contributed by atoms with Crippen LogP contribution in [0.1, 0.15) is 10.4 Å². The van der Waals surface area contributed by atoms with E-state index >= 15 is 0 Å². The minimum Gasteiger partial charge on any atom is -0.478 e. The largest absolute Gasteiger partial charge is 0.478 e. The van der Waals surface area contributed by atoms with E-state index in [-0.39, 0.29) is 5.56 Å². The van der Waals surface area contributed by atoms with Crippen LogP contribution in [0.3, 0.4) is 0 Å². The molecule has 0 aliphatic carbocycles. The molecule has 0 spiro atoms. The topological polar surface area (TPSA) is 50.2 Å². The monoisotopic (exact) mass is 249 g/mol. The molecule has 1 N–H and O–H groups in total. The third-order valence-electron chi connectivity index (χ3n) is 2.03. The van der Waals surface area contributed by atoms with E-state index in [2.05, 4.69) is 4.98 Å². The van der Waals surface area contributed by atoms with Crippen LogP contribution in [0, 0.1) is 5.82 Å². The van der Waals surface area contributed by atoms with Crippen LogP contribution in [0.15, 0.2) is 52.5 Å². The minimum atomic E-state index is -1.14. The molecule has 1 aromatic heterocycles. The maximum atomic E-state index is 13.6. The molecule has 0 fully saturated rings. The Bertz CT molecular complexity index is 545. The normalized spacial score (nSPS) is 10.2. The Kier molecular flexibility index (Phi) is 3.39. The summed E-state index contributed by atoms with van der Waals surface area (Å²) in [4.78, 5) is 15.0. The van der Waals surface area contributed by atoms with Crippen LogP contribution in [0.2, 0.25) is 0 Å². The lowest BCUT2D eigenvalue weighted by Crippen LogP contribution is -1.97. The number of nitrogens with zero attached hydrogens (tertiary/aromatic N) is 1. The Morgan fingerprint density at radius 1 is 1.29 bits per heavy atom. The van der Waals surface area contributed by atoms with Crippen LogP contribution >= 0.6 is 11.8 Å². The van der Waals surface area contributed by atoms with Crippen LogP contribution in [0.4, 0.5) is 4.39 Å². The molecule has 0 bridgehead atoms. The van der Waals surface area contributed by atoms with Crippen molar-refractivity contribution in [1.29, 1.82) is 0 Å². The molecule has 0 aliphatic heterocycles. The first-order valence-electron chi connectivity index (χ1n) is 4.78. The smallest absolute Gasteiger partial charge is 0.335 e. The molecule has 0 unspecified atom stereocenters. The van der Waals surface area contributed by atoms with Crippen LogP contribution in [0.5, 0.6) is 0 Å². The highest BCUT2D eigenvalue weighted by Crippen LogP contribution is 2.28. The number of carbonyl (C=O) groups is 1. The molecule has 2 rings (SSSR count). The van der Waals surface area contributed by atoms with Gasteiger partial charge in [-0.15, -0.1) is 0 Å². The molecule has 17 heavy (non-hydrogen) atoms. The number of aromatic nitrogens is 1. The van der Waals surface area contributed by atoms with Gasteiger partial charge in [-0.1, -0.05) is 17.8 Å². The van der Waals surface area contributed by atoms with E-state index in [1.807, 2.05) is 0 Å². The van der Waals surface area contributed by atoms with E-state index in [4.69, 9.17) is 5.11 Å². The lowest BCUT2D eigenvalue weighted by atomic mass is 10.2. The van der Waals surface area contributed by atoms with E-state index in [0.29, 0.717) is 9.92 Å². The number of rotatable bonds is 3. The summed E-state index contributed by atoms with van der Waals surface area (Å²) in [5, 5.41) is 9.37. The minimum absolute atomic E-state index is 0.0622. The Labute approximate surface area is 101 Å². The molecule has 0 radical (unpaired) electrons. The predicted octanol–water partition coefficient (Wildman–Crippen LogP) is 3.07. The molecule has 3 nitrogen and oxygen atoms in total. The van der Waals surface area contributed by atoms with Gasteiger partial charge in [0.15, 0.2) is 0 Å². The average molecular weight is 249 g/mol. The molecule has 1 aromatic carbocycles. The van der Waals surface area contributed by atoms with Gasteiger partial charge in [0.25, 0.3) is 0 Å². The first-order chi connectivity index (χ1) is 8.16. The van der Waals surface area contributed by atoms with Gasteiger partial charge in [0.05, 0.1) is 5.56 Å². The second-order valence-electron chi connectivity index (χ2n) is 3.22. The van der Waals surface area contributed by atoms with Crippen molar-refractivity contribution in [2.24, 2.45) is 0 Å². The van der Waals surface area contributed by atoms with Crippen molar-refractivity contribution in [3.05, 3.63) is 54.0 Å². The van der Waals surface area contributed by atoms with Crippen LogP contribution in [0.25, 0.3) is 0 Å². The van der Waals surface area contributed by atoms with Gasteiger partial charge >= 0.3 is 5.97 Å². The number of benzene rings is 1. The Hall–Kier alpha value is -1.88. The van der Waals surface area contributed by atoms with E-state index in [9.17, 15) is 9.18 Å². The van der Waals surface area contributed by atoms with Gasteiger partial charge in [-0.2, -0.15) is 0 Å². The van der Waals surface area contributed by atoms with E-state index < -0.39 is 11.8 Å². The summed E-state index contributed by atoms with van der Waals surface area (Å²) < 4.78 is 13.6. The summed E-state index contributed by atoms with van der Waals surface area (Å²) >= 11 is 1.16. The summed E-state index contributed by atoms with van der Waals surface area (Å²) in [6, 6.07) is 9.16. The zero-order valence-corrected chi connectivity index (χ0v) is 9.45. The van der Waals surface area contributed by atoms with Crippen LogP contribution in [-0.4, -0.2) is 16.1 Å². The zero-order valence-electron chi connectivity index (χ0n) is 8.63. The van der Waals surface area contributed by atoms with Gasteiger partial charge in [-0.3, -0.25) is 0 Å². The van der Waals surface area contributed by atoms with Crippen molar-refractivity contribution in [3.63, 3.8) is 0 Å². The highest BCUT2D eigenvalue weighted by Gasteiger charge is 2.09. The number of carboxylic acids is 1. The molecule has 0 amide bonds. The molecular formula is C12H8FNO2S. The number of carboxylic acid groups (broad SMARTS) is 1. The van der Waals surface area contributed by atoms with Gasteiger partial charge in [0, 0.05) is 11.1 Å². The van der Waals surface area contributed by atoms with Gasteiger partial charge in [-0.25, -0.2) is 14.2 Å². The van der Waals surface area contributed by atoms with E-state index in [1.54, 1.807) is 24.4 Å². The lowest BCUT2D eigenvalue weighted by molar-refractivity contribution is 0.0696. The van der Waals surface area contributed by atoms with Crippen molar-refractivity contribution in [1.82, 2.24) is 4.98 Å². The van der Waals surface area contributed by atoms with Crippen LogP contribution < -0.4 is 0 Å². The first kappa shape index (κ1) is 11.6. The zero-order chi connectivity index (χ0) is 12.3. The van der Waals surface area contributed by atoms with Crippen molar-refractivity contribution in [2.75, 3.05) is 0 Å². The maximum absolute atomic E-state index is 13.6. The van der Waals surface area contributed by atoms with Gasteiger partial charge < -0.3 is 5.11 Å². The molecule has 1 heterocycles. The van der Waals surface area contributed by atoms with E-state index in [0.717, 1.165) is 17.8 Å². The number of hydrogen-bond donors (Lipinski definition) is 1. The molecule has 0 atom stereocenters. The number of aromatic carboxylic acids is 1. The number of hydrogen-bond acceptors (Lipinski definition) is 3. The molecule has 0 saturated heterocycles. The summed E-state index contributed by atoms with van der Waals surface area (Å²) in [6.07, 6.45) is 1.62. The summed E-state index contributed by atoms with van der Waals surface area (Å²) in [7, 11) is 0. The van der Waals surface area contributed by atoms with Gasteiger partial charge in [0.2, 0.25) is 0 Å². The third-order valence-corrected chi connectivity index (χ3v) is 3.03. The highest BCUT2D eigenvalue weighted by atomic mass is 32.2. The van der Waals surface area contributed by atoms with Crippen molar-refractivity contribution >= 4 is 17.7 Å². The van der Waals surface area contributed by atoms with E-state index in [1.165, 1.54) is 12.1 Å². The van der Waals surface area contributed by atoms with Crippen LogP contribution in [-0.2, 0) is 0 Å². The first-order valence-corrected chi connectivity index (χ1v) is 5.60. The van der Waals surface area contributed by atoms with Crippen molar-refractivity contribution in [3.8, 4) is 0 Å². The fourth-order valence-corrected chi connectivity index (χ4v) is 2.01. The molecule has 86 valence electrons. The summed E-state index contributed by atoms with van der Waals surface area (Å²) in [5.41, 5.74) is -0.0622. The van der Waals surface area contributed by atoms with Crippen molar-refractivity contribution in [2.45, 2.75) is 9.92 Å². The summed E-state index contributed by atoms with van der Waals surface area (Å²) in [5.74, 6) is -1.70. The molecule has 5 heteroatoms. The fourth-order valence-electron chi connectivity index (χ4n) is 1.24. The van der Waals surface area contributed by atoms with Gasteiger partial charge in [0.1, 0.15) is 10.8 Å². The van der Waals surface area contributed by atoms with Gasteiger partial charge in [-0.05, 0) is 30.3 Å². The standard InChI is InChI=1S/C12H8FNO2S/c13-9-7-8(12(15)16)4-5-10(9)17-11-3-1-2-6-14-11/h1-7H,(H,15,16). The van der Waals surface area contributed by atoms with Crippen molar-refractivity contribution < 1.29 is 14.3 Å². The second-order valence-corrected chi connectivity index (χ2v) is 4.28. The lowest BCUT2D eigenvalue weighted by Gasteiger charge is -2.03. The Balaban J connectivity index is 2.26. The second kappa shape index (κ2) is 4.97. The number of pyridine rings is 1. The highest BCUT2D eigenvalue weighted by molar-refractivity contribution is 7.99.